The van der Waals surface area contributed by atoms with Crippen molar-refractivity contribution >= 4 is 40.7 Å². The maximum absolute atomic E-state index is 15.3. The van der Waals surface area contributed by atoms with Crippen molar-refractivity contribution in [1.82, 2.24) is 14.9 Å². The highest BCUT2D eigenvalue weighted by atomic mass is 35.5. The lowest BCUT2D eigenvalue weighted by Gasteiger charge is -2.34. The standard InChI is InChI=1S/C33H33ClF4N6O2/c1-19-6-9-24(21(3)20(19)2)27-18-30(46-32(45)43(5)29-16-22(33(36,37)38)7-10-25(29)34)41-31(40-27)39-23-8-11-28(26(35)17-23)44-14-12-42(4)13-15-44/h6-11,16-18H,12-15H2,1-5H3,(H,39,40,41). The Morgan fingerprint density at radius 3 is 2.35 bits per heavy atom. The van der Waals surface area contributed by atoms with Crippen molar-refractivity contribution in [1.29, 1.82) is 0 Å². The Balaban J connectivity index is 1.47. The quantitative estimate of drug-likeness (QED) is 0.211. The van der Waals surface area contributed by atoms with E-state index in [0.29, 0.717) is 30.2 Å². The molecule has 0 saturated carbocycles. The molecule has 1 saturated heterocycles. The SMILES string of the molecule is Cc1ccc(-c2cc(OC(=O)N(C)c3cc(C(F)(F)F)ccc3Cl)nc(Nc3ccc(N4CCN(C)CC4)c(F)c3)n2)c(C)c1C. The first-order valence-corrected chi connectivity index (χ1v) is 14.9. The third kappa shape index (κ3) is 7.18. The van der Waals surface area contributed by atoms with Crippen LogP contribution in [0.1, 0.15) is 22.3 Å². The van der Waals surface area contributed by atoms with Crippen molar-refractivity contribution in [2.75, 3.05) is 55.4 Å². The Morgan fingerprint density at radius 1 is 0.957 bits per heavy atom. The molecule has 0 spiro atoms. The molecule has 0 bridgehead atoms. The highest BCUT2D eigenvalue weighted by molar-refractivity contribution is 6.33. The van der Waals surface area contributed by atoms with Gasteiger partial charge < -0.3 is 19.9 Å². The minimum Gasteiger partial charge on any atom is -0.391 e. The van der Waals surface area contributed by atoms with Gasteiger partial charge in [-0.15, -0.1) is 0 Å². The highest BCUT2D eigenvalue weighted by Gasteiger charge is 2.32. The molecule has 1 aromatic heterocycles. The van der Waals surface area contributed by atoms with Gasteiger partial charge in [0.15, 0.2) is 0 Å². The number of hydrogen-bond acceptors (Lipinski definition) is 7. The van der Waals surface area contributed by atoms with E-state index in [0.717, 1.165) is 58.4 Å². The summed E-state index contributed by atoms with van der Waals surface area (Å²) in [5, 5.41) is 2.93. The number of piperazine rings is 1. The first-order valence-electron chi connectivity index (χ1n) is 14.5. The van der Waals surface area contributed by atoms with E-state index in [1.54, 1.807) is 12.1 Å². The van der Waals surface area contributed by atoms with Gasteiger partial charge in [-0.05, 0) is 80.9 Å². The molecule has 1 aliphatic rings. The largest absolute Gasteiger partial charge is 0.420 e. The number of aromatic nitrogens is 2. The molecule has 1 N–H and O–H groups in total. The third-order valence-corrected chi connectivity index (χ3v) is 8.50. The molecule has 8 nitrogen and oxygen atoms in total. The maximum atomic E-state index is 15.3. The third-order valence-electron chi connectivity index (χ3n) is 8.18. The molecule has 46 heavy (non-hydrogen) atoms. The molecule has 242 valence electrons. The fourth-order valence-electron chi connectivity index (χ4n) is 5.12. The Bertz CT molecular complexity index is 1780. The predicted octanol–water partition coefficient (Wildman–Crippen LogP) is 8.01. The van der Waals surface area contributed by atoms with Gasteiger partial charge in [0.2, 0.25) is 11.8 Å². The van der Waals surface area contributed by atoms with E-state index in [2.05, 4.69) is 20.2 Å². The summed E-state index contributed by atoms with van der Waals surface area (Å²) < 4.78 is 60.9. The maximum Gasteiger partial charge on any atom is 0.420 e. The lowest BCUT2D eigenvalue weighted by molar-refractivity contribution is -0.137. The molecule has 0 atom stereocenters. The molecule has 13 heteroatoms. The monoisotopic (exact) mass is 656 g/mol. The van der Waals surface area contributed by atoms with Crippen LogP contribution >= 0.6 is 11.6 Å². The van der Waals surface area contributed by atoms with Crippen LogP contribution in [0.15, 0.2) is 54.6 Å². The Hall–Kier alpha value is -4.42. The van der Waals surface area contributed by atoms with Crippen molar-refractivity contribution in [3.63, 3.8) is 0 Å². The lowest BCUT2D eigenvalue weighted by Crippen LogP contribution is -2.44. The molecule has 1 fully saturated rings. The van der Waals surface area contributed by atoms with Gasteiger partial charge in [-0.1, -0.05) is 23.7 Å². The number of benzene rings is 3. The fraction of sp³-hybridized carbons (Fsp3) is 0.303. The first-order chi connectivity index (χ1) is 21.7. The Labute approximate surface area is 269 Å². The van der Waals surface area contributed by atoms with Gasteiger partial charge in [-0.2, -0.15) is 18.2 Å². The van der Waals surface area contributed by atoms with Crippen LogP contribution in [0.4, 0.5) is 45.4 Å². The van der Waals surface area contributed by atoms with Crippen LogP contribution in [-0.4, -0.2) is 61.2 Å². The van der Waals surface area contributed by atoms with E-state index >= 15 is 4.39 Å². The van der Waals surface area contributed by atoms with Crippen molar-refractivity contribution in [2.24, 2.45) is 0 Å². The topological polar surface area (TPSA) is 73.8 Å². The lowest BCUT2D eigenvalue weighted by atomic mass is 9.97. The van der Waals surface area contributed by atoms with Gasteiger partial charge in [0.25, 0.3) is 0 Å². The number of anilines is 4. The highest BCUT2D eigenvalue weighted by Crippen LogP contribution is 2.36. The molecule has 1 aliphatic heterocycles. The number of nitrogens with zero attached hydrogens (tertiary/aromatic N) is 5. The summed E-state index contributed by atoms with van der Waals surface area (Å²) in [5.41, 5.74) is 3.91. The summed E-state index contributed by atoms with van der Waals surface area (Å²) in [4.78, 5) is 27.2. The first kappa shape index (κ1) is 33.0. The summed E-state index contributed by atoms with van der Waals surface area (Å²) in [6.45, 7) is 8.97. The van der Waals surface area contributed by atoms with Crippen LogP contribution in [0.3, 0.4) is 0 Å². The molecule has 2 heterocycles. The second-order valence-electron chi connectivity index (χ2n) is 11.3. The number of hydrogen-bond donors (Lipinski definition) is 1. The van der Waals surface area contributed by atoms with Gasteiger partial charge in [0.05, 0.1) is 27.7 Å². The van der Waals surface area contributed by atoms with Crippen LogP contribution < -0.4 is 19.9 Å². The Morgan fingerprint density at radius 2 is 1.67 bits per heavy atom. The normalized spacial score (nSPS) is 13.9. The molecule has 5 rings (SSSR count). The van der Waals surface area contributed by atoms with Crippen molar-refractivity contribution in [3.8, 4) is 17.1 Å². The van der Waals surface area contributed by atoms with Gasteiger partial charge >= 0.3 is 12.3 Å². The smallest absolute Gasteiger partial charge is 0.391 e. The molecular weight excluding hydrogens is 624 g/mol. The number of ether oxygens (including phenoxy) is 1. The second-order valence-corrected chi connectivity index (χ2v) is 11.7. The number of aryl methyl sites for hydroxylation is 1. The van der Waals surface area contributed by atoms with Crippen molar-refractivity contribution in [3.05, 3.63) is 87.7 Å². The molecule has 4 aromatic rings. The van der Waals surface area contributed by atoms with Gasteiger partial charge in [-0.25, -0.2) is 14.2 Å². The van der Waals surface area contributed by atoms with Gasteiger partial charge in [0.1, 0.15) is 5.82 Å². The number of likely N-dealkylation sites (N-methyl/N-ethyl adjacent to an activating group) is 1. The van der Waals surface area contributed by atoms with E-state index in [9.17, 15) is 18.0 Å². The number of rotatable bonds is 6. The van der Waals surface area contributed by atoms with E-state index in [1.165, 1.54) is 19.2 Å². The van der Waals surface area contributed by atoms with Gasteiger partial charge in [-0.3, -0.25) is 4.90 Å². The minimum absolute atomic E-state index is 0.0180. The van der Waals surface area contributed by atoms with Crippen LogP contribution in [0.5, 0.6) is 5.88 Å². The van der Waals surface area contributed by atoms with Crippen molar-refractivity contribution < 1.29 is 27.1 Å². The summed E-state index contributed by atoms with van der Waals surface area (Å²) in [5.74, 6) is -0.578. The second kappa shape index (κ2) is 13.1. The molecule has 1 amide bonds. The van der Waals surface area contributed by atoms with Crippen LogP contribution in [0.25, 0.3) is 11.3 Å². The number of carbonyl (C=O) groups excluding carboxylic acids is 1. The zero-order chi connectivity index (χ0) is 33.3. The predicted molar refractivity (Wildman–Crippen MR) is 172 cm³/mol. The van der Waals surface area contributed by atoms with Gasteiger partial charge in [0, 0.05) is 50.5 Å². The van der Waals surface area contributed by atoms with E-state index in [1.807, 2.05) is 44.9 Å². The number of carbonyl (C=O) groups is 1. The Kier molecular flexibility index (Phi) is 9.41. The van der Waals surface area contributed by atoms with E-state index < -0.39 is 23.7 Å². The molecular formula is C33H33ClF4N6O2. The minimum atomic E-state index is -4.64. The van der Waals surface area contributed by atoms with Crippen LogP contribution in [-0.2, 0) is 6.18 Å². The molecule has 0 aliphatic carbocycles. The van der Waals surface area contributed by atoms with Crippen molar-refractivity contribution in [2.45, 2.75) is 26.9 Å². The molecule has 0 radical (unpaired) electrons. The van der Waals surface area contributed by atoms with E-state index in [-0.39, 0.29) is 22.5 Å². The number of halogens is 5. The average Bonchev–Trinajstić information content (AvgIpc) is 3.00. The zero-order valence-corrected chi connectivity index (χ0v) is 26.7. The number of amides is 1. The van der Waals surface area contributed by atoms with E-state index in [4.69, 9.17) is 16.3 Å². The summed E-state index contributed by atoms with van der Waals surface area (Å²) in [6, 6.07) is 12.7. The number of nitrogens with one attached hydrogen (secondary N) is 1. The zero-order valence-electron chi connectivity index (χ0n) is 26.0. The van der Waals surface area contributed by atoms with Crippen LogP contribution in [0.2, 0.25) is 5.02 Å². The summed E-state index contributed by atoms with van der Waals surface area (Å²) in [6.07, 6.45) is -5.67. The average molecular weight is 657 g/mol. The van der Waals surface area contributed by atoms with Crippen LogP contribution in [0, 0.1) is 26.6 Å². The molecule has 3 aromatic carbocycles. The number of alkyl halides is 3. The summed E-state index contributed by atoms with van der Waals surface area (Å²) in [7, 11) is 3.27. The summed E-state index contributed by atoms with van der Waals surface area (Å²) >= 11 is 6.15. The fourth-order valence-corrected chi connectivity index (χ4v) is 5.37. The molecule has 0 unspecified atom stereocenters.